The maximum absolute atomic E-state index is 14.1. The van der Waals surface area contributed by atoms with Crippen LogP contribution in [0.4, 0.5) is 14.9 Å². The Morgan fingerprint density at radius 3 is 2.74 bits per heavy atom. The van der Waals surface area contributed by atoms with Crippen molar-refractivity contribution in [3.63, 3.8) is 0 Å². The van der Waals surface area contributed by atoms with E-state index in [0.29, 0.717) is 49.5 Å². The highest BCUT2D eigenvalue weighted by atomic mass is 19.1. The standard InChI is InChI=1S/C27H36FN3O4/c1-34-18-6-7-19-17(12-18)13-20-23-14-35-15-24(32)31(23)16-27(25(19)20)8-10-30(11-9-27)26(33)29-22-5-3-2-4-21(22)28/h2-5,17-20,23,25H,6-16H2,1H3,(H,29,33)/t17?,18?,19?,20?,23-,25?/m0/s1. The predicted molar refractivity (Wildman–Crippen MR) is 128 cm³/mol. The third-order valence-electron chi connectivity index (χ3n) is 9.91. The second-order valence-corrected chi connectivity index (χ2v) is 11.4. The Bertz CT molecular complexity index is 981. The topological polar surface area (TPSA) is 71.1 Å². The van der Waals surface area contributed by atoms with Crippen molar-refractivity contribution in [3.8, 4) is 0 Å². The van der Waals surface area contributed by atoms with E-state index in [0.717, 1.165) is 38.6 Å². The van der Waals surface area contributed by atoms with Crippen molar-refractivity contribution in [2.45, 2.75) is 50.7 Å². The molecule has 5 aliphatic rings. The molecule has 2 aliphatic carbocycles. The van der Waals surface area contributed by atoms with Gasteiger partial charge in [-0.05, 0) is 79.7 Å². The average Bonchev–Trinajstić information content (AvgIpc) is 3.27. The van der Waals surface area contributed by atoms with Crippen LogP contribution >= 0.6 is 0 Å². The van der Waals surface area contributed by atoms with Gasteiger partial charge < -0.3 is 24.6 Å². The molecule has 0 aromatic heterocycles. The smallest absolute Gasteiger partial charge is 0.321 e. The molecule has 8 heteroatoms. The summed E-state index contributed by atoms with van der Waals surface area (Å²) in [6.45, 7) is 2.86. The number of ether oxygens (including phenoxy) is 2. The Morgan fingerprint density at radius 1 is 1.17 bits per heavy atom. The molecule has 5 fully saturated rings. The number of piperidine rings is 2. The van der Waals surface area contributed by atoms with Crippen LogP contribution in [-0.2, 0) is 14.3 Å². The fourth-order valence-electron chi connectivity index (χ4n) is 8.35. The van der Waals surface area contributed by atoms with Gasteiger partial charge in [0.25, 0.3) is 0 Å². The maximum Gasteiger partial charge on any atom is 0.321 e. The van der Waals surface area contributed by atoms with Crippen LogP contribution in [0.2, 0.25) is 0 Å². The van der Waals surface area contributed by atoms with Gasteiger partial charge in [-0.3, -0.25) is 4.79 Å². The lowest BCUT2D eigenvalue weighted by atomic mass is 9.57. The molecular formula is C27H36FN3O4. The zero-order chi connectivity index (χ0) is 24.2. The highest BCUT2D eigenvalue weighted by Gasteiger charge is 2.62. The van der Waals surface area contributed by atoms with Gasteiger partial charge >= 0.3 is 6.03 Å². The van der Waals surface area contributed by atoms with Crippen molar-refractivity contribution in [1.82, 2.24) is 9.80 Å². The second kappa shape index (κ2) is 9.04. The monoisotopic (exact) mass is 485 g/mol. The third kappa shape index (κ3) is 3.93. The molecule has 1 aromatic carbocycles. The number of carbonyl (C=O) groups excluding carboxylic acids is 2. The van der Waals surface area contributed by atoms with Crippen LogP contribution in [0.25, 0.3) is 0 Å². The van der Waals surface area contributed by atoms with Crippen LogP contribution in [0, 0.1) is 34.9 Å². The number of likely N-dealkylation sites (tertiary alicyclic amines) is 1. The minimum absolute atomic E-state index is 0.0300. The lowest BCUT2D eigenvalue weighted by molar-refractivity contribution is -0.172. The molecule has 3 aliphatic heterocycles. The van der Waals surface area contributed by atoms with Crippen molar-refractivity contribution in [3.05, 3.63) is 30.1 Å². The summed E-state index contributed by atoms with van der Waals surface area (Å²) in [5, 5.41) is 2.74. The van der Waals surface area contributed by atoms with Gasteiger partial charge in [0.15, 0.2) is 0 Å². The van der Waals surface area contributed by atoms with Gasteiger partial charge in [-0.1, -0.05) is 12.1 Å². The summed E-state index contributed by atoms with van der Waals surface area (Å²) in [4.78, 5) is 29.8. The maximum atomic E-state index is 14.1. The SMILES string of the molecule is COC1CCC2C(C1)CC1C2C2(CCN(C(=O)Nc3ccccc3F)CC2)CN2C(=O)COC[C@@H]12. The number of anilines is 1. The molecule has 6 rings (SSSR count). The van der Waals surface area contributed by atoms with Crippen LogP contribution in [0.3, 0.4) is 0 Å². The van der Waals surface area contributed by atoms with E-state index < -0.39 is 5.82 Å². The largest absolute Gasteiger partial charge is 0.381 e. The molecule has 1 aromatic rings. The van der Waals surface area contributed by atoms with Gasteiger partial charge in [-0.2, -0.15) is 0 Å². The molecule has 190 valence electrons. The lowest BCUT2D eigenvalue weighted by Crippen LogP contribution is -2.66. The molecule has 0 radical (unpaired) electrons. The zero-order valence-electron chi connectivity index (χ0n) is 20.5. The third-order valence-corrected chi connectivity index (χ3v) is 9.91. The van der Waals surface area contributed by atoms with Crippen molar-refractivity contribution in [2.24, 2.45) is 29.1 Å². The van der Waals surface area contributed by atoms with E-state index in [1.807, 2.05) is 12.0 Å². The first kappa shape index (κ1) is 23.2. The molecule has 3 heterocycles. The van der Waals surface area contributed by atoms with E-state index in [9.17, 15) is 14.0 Å². The highest BCUT2D eigenvalue weighted by molar-refractivity contribution is 5.89. The molecule has 1 N–H and O–H groups in total. The van der Waals surface area contributed by atoms with Crippen LogP contribution in [0.1, 0.15) is 38.5 Å². The van der Waals surface area contributed by atoms with E-state index in [2.05, 4.69) is 10.2 Å². The molecule has 3 saturated heterocycles. The summed E-state index contributed by atoms with van der Waals surface area (Å²) in [6.07, 6.45) is 6.66. The van der Waals surface area contributed by atoms with Gasteiger partial charge in [0.05, 0.1) is 24.4 Å². The van der Waals surface area contributed by atoms with E-state index >= 15 is 0 Å². The van der Waals surface area contributed by atoms with E-state index in [1.54, 1.807) is 18.2 Å². The molecule has 2 saturated carbocycles. The van der Waals surface area contributed by atoms with E-state index in [-0.39, 0.29) is 35.7 Å². The number of urea groups is 1. The molecule has 35 heavy (non-hydrogen) atoms. The van der Waals surface area contributed by atoms with Crippen LogP contribution < -0.4 is 5.32 Å². The summed E-state index contributed by atoms with van der Waals surface area (Å²) >= 11 is 0. The summed E-state index contributed by atoms with van der Waals surface area (Å²) in [5.41, 5.74) is 0.244. The van der Waals surface area contributed by atoms with Crippen molar-refractivity contribution in [2.75, 3.05) is 45.3 Å². The number of halogens is 1. The summed E-state index contributed by atoms with van der Waals surface area (Å²) in [5.74, 6) is 1.99. The van der Waals surface area contributed by atoms with Gasteiger partial charge in [-0.15, -0.1) is 0 Å². The lowest BCUT2D eigenvalue weighted by Gasteiger charge is -2.59. The fraction of sp³-hybridized carbons (Fsp3) is 0.704. The number of amides is 3. The number of nitrogens with zero attached hydrogens (tertiary/aromatic N) is 2. The number of morpholine rings is 1. The number of nitrogens with one attached hydrogen (secondary N) is 1. The Kier molecular flexibility index (Phi) is 6.00. The van der Waals surface area contributed by atoms with Gasteiger partial charge in [-0.25, -0.2) is 9.18 Å². The minimum atomic E-state index is -0.426. The number of hydrogen-bond donors (Lipinski definition) is 1. The van der Waals surface area contributed by atoms with Crippen molar-refractivity contribution in [1.29, 1.82) is 0 Å². The first-order chi connectivity index (χ1) is 17.0. The number of benzene rings is 1. The van der Waals surface area contributed by atoms with Gasteiger partial charge in [0.1, 0.15) is 12.4 Å². The number of carbonyl (C=O) groups is 2. The average molecular weight is 486 g/mol. The van der Waals surface area contributed by atoms with Crippen molar-refractivity contribution < 1.29 is 23.5 Å². The Labute approximate surface area is 206 Å². The first-order valence-corrected chi connectivity index (χ1v) is 13.2. The Balaban J connectivity index is 1.22. The second-order valence-electron chi connectivity index (χ2n) is 11.4. The van der Waals surface area contributed by atoms with Crippen molar-refractivity contribution >= 4 is 17.6 Å². The van der Waals surface area contributed by atoms with Crippen LogP contribution in [0.15, 0.2) is 24.3 Å². The normalized spacial score (nSPS) is 35.9. The molecule has 5 unspecified atom stereocenters. The van der Waals surface area contributed by atoms with E-state index in [4.69, 9.17) is 9.47 Å². The molecule has 3 amide bonds. The Morgan fingerprint density at radius 2 is 1.97 bits per heavy atom. The zero-order valence-corrected chi connectivity index (χ0v) is 20.5. The fourth-order valence-corrected chi connectivity index (χ4v) is 8.35. The Hall–Kier alpha value is -2.19. The summed E-state index contributed by atoms with van der Waals surface area (Å²) < 4.78 is 25.5. The number of methoxy groups -OCH3 is 1. The number of hydrogen-bond acceptors (Lipinski definition) is 4. The molecule has 0 bridgehead atoms. The first-order valence-electron chi connectivity index (χ1n) is 13.2. The number of rotatable bonds is 2. The minimum Gasteiger partial charge on any atom is -0.381 e. The van der Waals surface area contributed by atoms with E-state index in [1.165, 1.54) is 12.5 Å². The van der Waals surface area contributed by atoms with Gasteiger partial charge in [0.2, 0.25) is 5.91 Å². The molecule has 7 nitrogen and oxygen atoms in total. The molecule has 6 atom stereocenters. The number of fused-ring (bicyclic) bond motifs is 6. The summed E-state index contributed by atoms with van der Waals surface area (Å²) in [6, 6.07) is 6.21. The quantitative estimate of drug-likeness (QED) is 0.693. The summed E-state index contributed by atoms with van der Waals surface area (Å²) in [7, 11) is 1.83. The molecule has 1 spiro atoms. The van der Waals surface area contributed by atoms with Crippen LogP contribution in [-0.4, -0.2) is 73.8 Å². The molecular weight excluding hydrogens is 449 g/mol. The van der Waals surface area contributed by atoms with Gasteiger partial charge in [0, 0.05) is 26.7 Å². The highest BCUT2D eigenvalue weighted by Crippen LogP contribution is 2.62. The van der Waals surface area contributed by atoms with Crippen LogP contribution in [0.5, 0.6) is 0 Å². The number of para-hydroxylation sites is 1. The predicted octanol–water partition coefficient (Wildman–Crippen LogP) is 3.75.